The Labute approximate surface area is 151 Å². The molecular formula is C19H21ClN4O. The quantitative estimate of drug-likeness (QED) is 0.752. The maximum Gasteiger partial charge on any atom is 0.255 e. The number of hydrogen-bond acceptors (Lipinski definition) is 3. The van der Waals surface area contributed by atoms with Crippen LogP contribution in [0.25, 0.3) is 10.9 Å². The molecule has 130 valence electrons. The van der Waals surface area contributed by atoms with Crippen molar-refractivity contribution in [1.29, 1.82) is 0 Å². The van der Waals surface area contributed by atoms with Crippen molar-refractivity contribution in [2.45, 2.75) is 39.3 Å². The van der Waals surface area contributed by atoms with Crippen LogP contribution in [0.4, 0.5) is 0 Å². The van der Waals surface area contributed by atoms with Crippen molar-refractivity contribution in [3.8, 4) is 0 Å². The third-order valence-electron chi connectivity index (χ3n) is 4.81. The van der Waals surface area contributed by atoms with E-state index in [2.05, 4.69) is 26.8 Å². The summed E-state index contributed by atoms with van der Waals surface area (Å²) in [5.74, 6) is 0.811. The predicted molar refractivity (Wildman–Crippen MR) is 100.0 cm³/mol. The summed E-state index contributed by atoms with van der Waals surface area (Å²) in [6.45, 7) is 4.42. The van der Waals surface area contributed by atoms with Gasteiger partial charge in [0.05, 0.1) is 11.3 Å². The third-order valence-corrected chi connectivity index (χ3v) is 5.04. The van der Waals surface area contributed by atoms with E-state index >= 15 is 0 Å². The molecule has 0 aliphatic carbocycles. The number of aromatic nitrogens is 3. The average Bonchev–Trinajstić information content (AvgIpc) is 2.98. The van der Waals surface area contributed by atoms with Gasteiger partial charge in [-0.25, -0.2) is 4.98 Å². The highest BCUT2D eigenvalue weighted by Crippen LogP contribution is 2.25. The van der Waals surface area contributed by atoms with Gasteiger partial charge < -0.3 is 9.97 Å². The number of aromatic amines is 2. The molecule has 0 fully saturated rings. The predicted octanol–water partition coefficient (Wildman–Crippen LogP) is 3.42. The number of halogens is 1. The van der Waals surface area contributed by atoms with Crippen LogP contribution in [0, 0.1) is 0 Å². The van der Waals surface area contributed by atoms with Gasteiger partial charge in [0, 0.05) is 54.6 Å². The lowest BCUT2D eigenvalue weighted by Gasteiger charge is -2.27. The van der Waals surface area contributed by atoms with Gasteiger partial charge in [0.1, 0.15) is 5.82 Å². The monoisotopic (exact) mass is 356 g/mol. The van der Waals surface area contributed by atoms with E-state index in [1.165, 1.54) is 5.56 Å². The molecule has 4 rings (SSSR count). The second kappa shape index (κ2) is 6.65. The minimum atomic E-state index is 0.0140. The summed E-state index contributed by atoms with van der Waals surface area (Å²) in [5, 5.41) is 1.88. The zero-order valence-corrected chi connectivity index (χ0v) is 15.0. The third kappa shape index (κ3) is 3.22. The molecule has 0 spiro atoms. The SMILES string of the molecule is CCCc1nc2c(c(=O)[nH]1)CN(Cc1c[nH]c3ccc(Cl)cc13)CC2. The molecule has 3 heterocycles. The molecule has 6 heteroatoms. The summed E-state index contributed by atoms with van der Waals surface area (Å²) in [6, 6.07) is 5.88. The highest BCUT2D eigenvalue weighted by molar-refractivity contribution is 6.31. The molecule has 5 nitrogen and oxygen atoms in total. The maximum atomic E-state index is 12.4. The average molecular weight is 357 g/mol. The number of benzene rings is 1. The van der Waals surface area contributed by atoms with Crippen molar-refractivity contribution in [2.24, 2.45) is 0 Å². The minimum absolute atomic E-state index is 0.0140. The highest BCUT2D eigenvalue weighted by Gasteiger charge is 2.22. The molecule has 1 aromatic carbocycles. The van der Waals surface area contributed by atoms with Crippen molar-refractivity contribution in [1.82, 2.24) is 19.9 Å². The highest BCUT2D eigenvalue weighted by atomic mass is 35.5. The fourth-order valence-corrected chi connectivity index (χ4v) is 3.72. The zero-order chi connectivity index (χ0) is 17.4. The number of nitrogens with zero attached hydrogens (tertiary/aromatic N) is 2. The minimum Gasteiger partial charge on any atom is -0.361 e. The molecule has 1 aliphatic rings. The lowest BCUT2D eigenvalue weighted by Crippen LogP contribution is -2.35. The van der Waals surface area contributed by atoms with Gasteiger partial charge in [-0.2, -0.15) is 0 Å². The van der Waals surface area contributed by atoms with Gasteiger partial charge >= 0.3 is 0 Å². The molecule has 0 unspecified atom stereocenters. The summed E-state index contributed by atoms with van der Waals surface area (Å²) >= 11 is 6.14. The van der Waals surface area contributed by atoms with Crippen molar-refractivity contribution < 1.29 is 0 Å². The molecule has 0 saturated carbocycles. The van der Waals surface area contributed by atoms with Crippen LogP contribution in [-0.4, -0.2) is 26.4 Å². The van der Waals surface area contributed by atoms with Crippen LogP contribution in [-0.2, 0) is 25.9 Å². The topological polar surface area (TPSA) is 64.8 Å². The van der Waals surface area contributed by atoms with Crippen LogP contribution in [0.3, 0.4) is 0 Å². The van der Waals surface area contributed by atoms with Gasteiger partial charge in [-0.1, -0.05) is 18.5 Å². The molecule has 25 heavy (non-hydrogen) atoms. The number of hydrogen-bond donors (Lipinski definition) is 2. The van der Waals surface area contributed by atoms with E-state index in [-0.39, 0.29) is 5.56 Å². The second-order valence-electron chi connectivity index (χ2n) is 6.65. The Morgan fingerprint density at radius 3 is 3.08 bits per heavy atom. The van der Waals surface area contributed by atoms with E-state index < -0.39 is 0 Å². The molecule has 0 radical (unpaired) electrons. The van der Waals surface area contributed by atoms with E-state index in [0.29, 0.717) is 6.54 Å². The summed E-state index contributed by atoms with van der Waals surface area (Å²) in [7, 11) is 0. The van der Waals surface area contributed by atoms with Crippen LogP contribution < -0.4 is 5.56 Å². The fourth-order valence-electron chi connectivity index (χ4n) is 3.54. The first-order chi connectivity index (χ1) is 12.1. The normalized spacial score (nSPS) is 14.8. The summed E-state index contributed by atoms with van der Waals surface area (Å²) in [6.07, 6.45) is 4.65. The Kier molecular flexibility index (Phi) is 4.36. The van der Waals surface area contributed by atoms with Crippen LogP contribution in [0.15, 0.2) is 29.2 Å². The van der Waals surface area contributed by atoms with Crippen molar-refractivity contribution in [2.75, 3.05) is 6.54 Å². The van der Waals surface area contributed by atoms with Gasteiger partial charge in [0.15, 0.2) is 0 Å². The molecule has 2 N–H and O–H groups in total. The molecule has 0 saturated heterocycles. The molecular weight excluding hydrogens is 336 g/mol. The van der Waals surface area contributed by atoms with Crippen molar-refractivity contribution >= 4 is 22.5 Å². The fraction of sp³-hybridized carbons (Fsp3) is 0.368. The molecule has 1 aliphatic heterocycles. The number of rotatable bonds is 4. The Hall–Kier alpha value is -2.11. The van der Waals surface area contributed by atoms with Crippen LogP contribution in [0.5, 0.6) is 0 Å². The Bertz CT molecular complexity index is 975. The van der Waals surface area contributed by atoms with E-state index in [9.17, 15) is 4.79 Å². The number of aryl methyl sites for hydroxylation is 1. The van der Waals surface area contributed by atoms with Crippen LogP contribution in [0.2, 0.25) is 5.02 Å². The summed E-state index contributed by atoms with van der Waals surface area (Å²) in [4.78, 5) is 25.6. The molecule has 2 aromatic heterocycles. The van der Waals surface area contributed by atoms with Crippen molar-refractivity contribution in [3.63, 3.8) is 0 Å². The first kappa shape index (κ1) is 16.4. The van der Waals surface area contributed by atoms with Gasteiger partial charge in [-0.05, 0) is 30.2 Å². The van der Waals surface area contributed by atoms with E-state index in [1.54, 1.807) is 0 Å². The largest absolute Gasteiger partial charge is 0.361 e. The van der Waals surface area contributed by atoms with Gasteiger partial charge in [-0.3, -0.25) is 9.69 Å². The summed E-state index contributed by atoms with van der Waals surface area (Å²) in [5.41, 5.74) is 4.07. The first-order valence-electron chi connectivity index (χ1n) is 8.73. The lowest BCUT2D eigenvalue weighted by molar-refractivity contribution is 0.242. The van der Waals surface area contributed by atoms with E-state index in [0.717, 1.165) is 65.4 Å². The zero-order valence-electron chi connectivity index (χ0n) is 14.2. The second-order valence-corrected chi connectivity index (χ2v) is 7.09. The Morgan fingerprint density at radius 2 is 2.24 bits per heavy atom. The summed E-state index contributed by atoms with van der Waals surface area (Å²) < 4.78 is 0. The molecule has 0 amide bonds. The number of nitrogens with one attached hydrogen (secondary N) is 2. The van der Waals surface area contributed by atoms with Gasteiger partial charge in [0.2, 0.25) is 0 Å². The molecule has 0 bridgehead atoms. The molecule has 3 aromatic rings. The van der Waals surface area contributed by atoms with E-state index in [4.69, 9.17) is 11.6 Å². The number of fused-ring (bicyclic) bond motifs is 2. The first-order valence-corrected chi connectivity index (χ1v) is 9.10. The Morgan fingerprint density at radius 1 is 1.36 bits per heavy atom. The standard InChI is InChI=1S/C19H21ClN4O/c1-2-3-18-22-17-6-7-24(11-15(17)19(25)23-18)10-12-9-21-16-5-4-13(20)8-14(12)16/h4-5,8-9,21H,2-3,6-7,10-11H2,1H3,(H,22,23,25). The smallest absolute Gasteiger partial charge is 0.255 e. The van der Waals surface area contributed by atoms with E-state index in [1.807, 2.05) is 24.4 Å². The van der Waals surface area contributed by atoms with Crippen LogP contribution >= 0.6 is 11.6 Å². The van der Waals surface area contributed by atoms with Crippen molar-refractivity contribution in [3.05, 3.63) is 62.4 Å². The van der Waals surface area contributed by atoms with Crippen LogP contribution in [0.1, 0.15) is 36.0 Å². The Balaban J connectivity index is 1.58. The molecule has 0 atom stereocenters. The lowest BCUT2D eigenvalue weighted by atomic mass is 10.1. The maximum absolute atomic E-state index is 12.4. The van der Waals surface area contributed by atoms with Gasteiger partial charge in [0.25, 0.3) is 5.56 Å². The number of H-pyrrole nitrogens is 2. The van der Waals surface area contributed by atoms with Gasteiger partial charge in [-0.15, -0.1) is 0 Å².